The summed E-state index contributed by atoms with van der Waals surface area (Å²) in [5, 5.41) is 4.26. The number of hydrogen-bond acceptors (Lipinski definition) is 3. The van der Waals surface area contributed by atoms with Gasteiger partial charge in [-0.25, -0.2) is 0 Å². The van der Waals surface area contributed by atoms with E-state index in [-0.39, 0.29) is 12.1 Å². The van der Waals surface area contributed by atoms with Crippen molar-refractivity contribution in [3.8, 4) is 0 Å². The number of nitrogens with one attached hydrogen (secondary N) is 1. The molecule has 5 rings (SSSR count). The standard InChI is InChI=1S/C26H25N5S/c1-18-14-19(2)16-21(15-18)31-25(24(29-26(31)32)22-9-4-6-12-28-22)23-10-7-13-30(23)17-20-8-3-5-11-27-20/h3-16,24-25H,17H2,1-2H3,(H,29,32)/t24-,25-/m1/s1. The molecule has 2 atom stereocenters. The predicted octanol–water partition coefficient (Wildman–Crippen LogP) is 5.12. The van der Waals surface area contributed by atoms with Gasteiger partial charge >= 0.3 is 0 Å². The van der Waals surface area contributed by atoms with Crippen molar-refractivity contribution >= 4 is 23.0 Å². The first-order valence-electron chi connectivity index (χ1n) is 10.7. The summed E-state index contributed by atoms with van der Waals surface area (Å²) >= 11 is 5.88. The molecule has 0 unspecified atom stereocenters. The largest absolute Gasteiger partial charge is 0.351 e. The molecule has 1 fully saturated rings. The van der Waals surface area contributed by atoms with Crippen LogP contribution in [0.5, 0.6) is 0 Å². The van der Waals surface area contributed by atoms with Crippen LogP contribution in [0.1, 0.15) is 40.3 Å². The Morgan fingerprint density at radius 3 is 2.34 bits per heavy atom. The average Bonchev–Trinajstić information content (AvgIpc) is 3.38. The Balaban J connectivity index is 1.62. The molecular weight excluding hydrogens is 414 g/mol. The maximum atomic E-state index is 5.88. The van der Waals surface area contributed by atoms with E-state index >= 15 is 0 Å². The molecule has 1 saturated heterocycles. The van der Waals surface area contributed by atoms with Crippen LogP contribution in [0.2, 0.25) is 0 Å². The third-order valence-electron chi connectivity index (χ3n) is 5.81. The predicted molar refractivity (Wildman–Crippen MR) is 132 cm³/mol. The van der Waals surface area contributed by atoms with Crippen LogP contribution < -0.4 is 10.2 Å². The monoisotopic (exact) mass is 439 g/mol. The second-order valence-electron chi connectivity index (χ2n) is 8.22. The van der Waals surface area contributed by atoms with Gasteiger partial charge in [0.25, 0.3) is 0 Å². The van der Waals surface area contributed by atoms with E-state index in [0.717, 1.165) is 22.8 Å². The molecule has 4 aromatic rings. The number of pyridine rings is 2. The van der Waals surface area contributed by atoms with Crippen molar-refractivity contribution < 1.29 is 0 Å². The van der Waals surface area contributed by atoms with Crippen molar-refractivity contribution in [2.45, 2.75) is 32.5 Å². The molecule has 6 heteroatoms. The molecule has 0 saturated carbocycles. The summed E-state index contributed by atoms with van der Waals surface area (Å²) in [5.74, 6) is 0. The number of aryl methyl sites for hydroxylation is 2. The van der Waals surface area contributed by atoms with Crippen molar-refractivity contribution in [3.05, 3.63) is 114 Å². The number of benzene rings is 1. The highest BCUT2D eigenvalue weighted by Crippen LogP contribution is 2.42. The topological polar surface area (TPSA) is 46.0 Å². The molecule has 1 aliphatic rings. The summed E-state index contributed by atoms with van der Waals surface area (Å²) in [5.41, 5.74) is 6.67. The van der Waals surface area contributed by atoms with Crippen LogP contribution in [-0.4, -0.2) is 19.6 Å². The average molecular weight is 440 g/mol. The number of anilines is 1. The molecule has 1 aromatic carbocycles. The van der Waals surface area contributed by atoms with Crippen LogP contribution in [0, 0.1) is 13.8 Å². The summed E-state index contributed by atoms with van der Waals surface area (Å²) in [6.07, 6.45) is 5.79. The molecule has 0 radical (unpaired) electrons. The number of aromatic nitrogens is 3. The van der Waals surface area contributed by atoms with Crippen LogP contribution in [0.4, 0.5) is 5.69 Å². The zero-order chi connectivity index (χ0) is 22.1. The lowest BCUT2D eigenvalue weighted by Crippen LogP contribution is -2.30. The smallest absolute Gasteiger partial charge is 0.174 e. The van der Waals surface area contributed by atoms with Crippen molar-refractivity contribution in [1.82, 2.24) is 19.9 Å². The third-order valence-corrected chi connectivity index (χ3v) is 6.12. The lowest BCUT2D eigenvalue weighted by Gasteiger charge is -2.29. The normalized spacial score (nSPS) is 18.1. The maximum Gasteiger partial charge on any atom is 0.174 e. The zero-order valence-electron chi connectivity index (χ0n) is 18.1. The molecule has 32 heavy (non-hydrogen) atoms. The Morgan fingerprint density at radius 1 is 0.906 bits per heavy atom. The van der Waals surface area contributed by atoms with Gasteiger partial charge < -0.3 is 14.8 Å². The molecule has 160 valence electrons. The van der Waals surface area contributed by atoms with Crippen LogP contribution in [0.15, 0.2) is 85.3 Å². The zero-order valence-corrected chi connectivity index (χ0v) is 19.0. The SMILES string of the molecule is Cc1cc(C)cc(N2C(=S)N[C@H](c3ccccn3)[C@H]2c2cccn2Cc2ccccn2)c1. The summed E-state index contributed by atoms with van der Waals surface area (Å²) in [4.78, 5) is 11.4. The fraction of sp³-hybridized carbons (Fsp3) is 0.192. The van der Waals surface area contributed by atoms with Gasteiger partial charge in [-0.05, 0) is 85.7 Å². The van der Waals surface area contributed by atoms with E-state index in [1.807, 2.05) is 36.7 Å². The van der Waals surface area contributed by atoms with Crippen LogP contribution in [0.3, 0.4) is 0 Å². The molecule has 0 spiro atoms. The Bertz CT molecular complexity index is 1220. The molecule has 0 amide bonds. The molecule has 0 aliphatic carbocycles. The highest BCUT2D eigenvalue weighted by Gasteiger charge is 2.42. The first-order valence-corrected chi connectivity index (χ1v) is 11.1. The molecule has 4 heterocycles. The van der Waals surface area contributed by atoms with Gasteiger partial charge in [0, 0.05) is 30.0 Å². The fourth-order valence-corrected chi connectivity index (χ4v) is 4.88. The van der Waals surface area contributed by atoms with Gasteiger partial charge in [-0.15, -0.1) is 0 Å². The Hall–Kier alpha value is -3.51. The highest BCUT2D eigenvalue weighted by molar-refractivity contribution is 7.80. The first kappa shape index (κ1) is 20.4. The molecule has 1 aliphatic heterocycles. The van der Waals surface area contributed by atoms with Gasteiger partial charge in [-0.3, -0.25) is 9.97 Å². The van der Waals surface area contributed by atoms with Gasteiger partial charge in [0.15, 0.2) is 5.11 Å². The summed E-state index contributed by atoms with van der Waals surface area (Å²) < 4.78 is 2.26. The number of hydrogen-bond donors (Lipinski definition) is 1. The lowest BCUT2D eigenvalue weighted by atomic mass is 10.00. The molecule has 5 nitrogen and oxygen atoms in total. The van der Waals surface area contributed by atoms with Crippen molar-refractivity contribution in [1.29, 1.82) is 0 Å². The van der Waals surface area contributed by atoms with E-state index in [1.54, 1.807) is 0 Å². The van der Waals surface area contributed by atoms with Crippen LogP contribution in [0.25, 0.3) is 0 Å². The minimum absolute atomic E-state index is 0.0442. The maximum absolute atomic E-state index is 5.88. The minimum Gasteiger partial charge on any atom is -0.351 e. The molecule has 0 bridgehead atoms. The highest BCUT2D eigenvalue weighted by atomic mass is 32.1. The number of nitrogens with zero attached hydrogens (tertiary/aromatic N) is 4. The van der Waals surface area contributed by atoms with E-state index in [9.17, 15) is 0 Å². The van der Waals surface area contributed by atoms with Gasteiger partial charge in [0.05, 0.1) is 24.0 Å². The van der Waals surface area contributed by atoms with Crippen LogP contribution >= 0.6 is 12.2 Å². The van der Waals surface area contributed by atoms with Gasteiger partial charge in [0.1, 0.15) is 6.04 Å². The fourth-order valence-electron chi connectivity index (χ4n) is 4.53. The molecule has 1 N–H and O–H groups in total. The third kappa shape index (κ3) is 3.89. The minimum atomic E-state index is -0.0677. The van der Waals surface area contributed by atoms with Crippen molar-refractivity contribution in [2.24, 2.45) is 0 Å². The van der Waals surface area contributed by atoms with Gasteiger partial charge in [-0.1, -0.05) is 18.2 Å². The van der Waals surface area contributed by atoms with Crippen molar-refractivity contribution in [3.63, 3.8) is 0 Å². The molecular formula is C26H25N5S. The lowest BCUT2D eigenvalue weighted by molar-refractivity contribution is 0.532. The second kappa shape index (κ2) is 8.55. The number of rotatable bonds is 5. The second-order valence-corrected chi connectivity index (χ2v) is 8.61. The Labute approximate surface area is 193 Å². The summed E-state index contributed by atoms with van der Waals surface area (Å²) in [6.45, 7) is 4.94. The Kier molecular flexibility index (Phi) is 5.45. The van der Waals surface area contributed by atoms with E-state index < -0.39 is 0 Å². The first-order chi connectivity index (χ1) is 15.6. The summed E-state index contributed by atoms with van der Waals surface area (Å²) in [6, 6.07) is 22.8. The van der Waals surface area contributed by atoms with Gasteiger partial charge in [0.2, 0.25) is 0 Å². The van der Waals surface area contributed by atoms with Crippen molar-refractivity contribution in [2.75, 3.05) is 4.90 Å². The van der Waals surface area contributed by atoms with E-state index in [2.05, 4.69) is 87.3 Å². The molecule has 3 aromatic heterocycles. The summed E-state index contributed by atoms with van der Waals surface area (Å²) in [7, 11) is 0. The van der Waals surface area contributed by atoms with Gasteiger partial charge in [-0.2, -0.15) is 0 Å². The quantitative estimate of drug-likeness (QED) is 0.437. The Morgan fingerprint density at radius 2 is 1.66 bits per heavy atom. The van der Waals surface area contributed by atoms with E-state index in [4.69, 9.17) is 12.2 Å². The van der Waals surface area contributed by atoms with E-state index in [0.29, 0.717) is 11.7 Å². The number of thiocarbonyl (C=S) groups is 1. The van der Waals surface area contributed by atoms with Crippen LogP contribution in [-0.2, 0) is 6.54 Å². The van der Waals surface area contributed by atoms with E-state index in [1.165, 1.54) is 11.1 Å².